The number of hydrogen-bond donors (Lipinski definition) is 1. The van der Waals surface area contributed by atoms with Crippen LogP contribution in [0.25, 0.3) is 0 Å². The molecule has 1 aromatic carbocycles. The first-order chi connectivity index (χ1) is 9.25. The molecule has 1 aliphatic rings. The van der Waals surface area contributed by atoms with Crippen molar-refractivity contribution in [3.05, 3.63) is 35.9 Å². The Morgan fingerprint density at radius 1 is 1.37 bits per heavy atom. The molecule has 0 saturated carbocycles. The maximum absolute atomic E-state index is 5.54. The number of amidine groups is 1. The summed E-state index contributed by atoms with van der Waals surface area (Å²) in [6.07, 6.45) is 0. The van der Waals surface area contributed by atoms with Gasteiger partial charge in [0.2, 0.25) is 0 Å². The monoisotopic (exact) mass is 278 g/mol. The van der Waals surface area contributed by atoms with E-state index in [1.165, 1.54) is 5.56 Å². The molecule has 4 heteroatoms. The molecule has 1 aliphatic heterocycles. The molecule has 2 rings (SSSR count). The molecule has 0 aliphatic carbocycles. The third-order valence-electron chi connectivity index (χ3n) is 2.80. The third-order valence-corrected chi connectivity index (χ3v) is 4.00. The van der Waals surface area contributed by atoms with Gasteiger partial charge in [0.1, 0.15) is 0 Å². The van der Waals surface area contributed by atoms with Crippen LogP contribution in [0.3, 0.4) is 0 Å². The maximum Gasteiger partial charge on any atom is 0.157 e. The SMILES string of the molecule is CC(C)COCCNC1=NCC(c2ccccc2)S1. The molecule has 0 saturated heterocycles. The van der Waals surface area contributed by atoms with E-state index in [1.54, 1.807) is 0 Å². The average Bonchev–Trinajstić information content (AvgIpc) is 2.88. The molecule has 0 spiro atoms. The first-order valence-corrected chi connectivity index (χ1v) is 7.71. The summed E-state index contributed by atoms with van der Waals surface area (Å²) in [5.74, 6) is 0.598. The lowest BCUT2D eigenvalue weighted by Crippen LogP contribution is -2.24. The average molecular weight is 278 g/mol. The number of aliphatic imine (C=N–C) groups is 1. The molecule has 104 valence electrons. The molecule has 0 radical (unpaired) electrons. The van der Waals surface area contributed by atoms with E-state index < -0.39 is 0 Å². The van der Waals surface area contributed by atoms with Gasteiger partial charge in [-0.25, -0.2) is 0 Å². The lowest BCUT2D eigenvalue weighted by atomic mass is 10.1. The van der Waals surface area contributed by atoms with E-state index in [9.17, 15) is 0 Å². The highest BCUT2D eigenvalue weighted by atomic mass is 32.2. The number of hydrogen-bond acceptors (Lipinski definition) is 4. The molecular weight excluding hydrogens is 256 g/mol. The highest BCUT2D eigenvalue weighted by Gasteiger charge is 2.20. The summed E-state index contributed by atoms with van der Waals surface area (Å²) in [5.41, 5.74) is 1.35. The molecule has 0 amide bonds. The first-order valence-electron chi connectivity index (χ1n) is 6.83. The highest BCUT2D eigenvalue weighted by Crippen LogP contribution is 2.33. The van der Waals surface area contributed by atoms with E-state index in [4.69, 9.17) is 4.74 Å². The molecule has 1 heterocycles. The van der Waals surface area contributed by atoms with E-state index in [-0.39, 0.29) is 0 Å². The van der Waals surface area contributed by atoms with Gasteiger partial charge in [0.25, 0.3) is 0 Å². The van der Waals surface area contributed by atoms with Crippen LogP contribution in [0.1, 0.15) is 24.7 Å². The third kappa shape index (κ3) is 4.88. The van der Waals surface area contributed by atoms with E-state index in [1.807, 2.05) is 11.8 Å². The number of ether oxygens (including phenoxy) is 1. The van der Waals surface area contributed by atoms with Gasteiger partial charge in [0.05, 0.1) is 18.4 Å². The van der Waals surface area contributed by atoms with Crippen molar-refractivity contribution in [1.29, 1.82) is 0 Å². The van der Waals surface area contributed by atoms with E-state index >= 15 is 0 Å². The molecule has 3 nitrogen and oxygen atoms in total. The van der Waals surface area contributed by atoms with Gasteiger partial charge in [0, 0.05) is 13.2 Å². The first kappa shape index (κ1) is 14.4. The lowest BCUT2D eigenvalue weighted by molar-refractivity contribution is 0.114. The largest absolute Gasteiger partial charge is 0.379 e. The van der Waals surface area contributed by atoms with Gasteiger partial charge in [-0.05, 0) is 11.5 Å². The van der Waals surface area contributed by atoms with Crippen LogP contribution in [0.15, 0.2) is 35.3 Å². The van der Waals surface area contributed by atoms with Gasteiger partial charge in [-0.3, -0.25) is 4.99 Å². The van der Waals surface area contributed by atoms with Gasteiger partial charge < -0.3 is 10.1 Å². The zero-order valence-electron chi connectivity index (χ0n) is 11.6. The Morgan fingerprint density at radius 2 is 2.16 bits per heavy atom. The quantitative estimate of drug-likeness (QED) is 0.812. The summed E-state index contributed by atoms with van der Waals surface area (Å²) in [7, 11) is 0. The summed E-state index contributed by atoms with van der Waals surface area (Å²) in [5, 5.41) is 4.85. The number of nitrogens with zero attached hydrogens (tertiary/aromatic N) is 1. The minimum atomic E-state index is 0.459. The molecule has 1 unspecified atom stereocenters. The van der Waals surface area contributed by atoms with Crippen molar-refractivity contribution in [2.24, 2.45) is 10.9 Å². The fraction of sp³-hybridized carbons (Fsp3) is 0.533. The van der Waals surface area contributed by atoms with Gasteiger partial charge in [-0.2, -0.15) is 0 Å². The van der Waals surface area contributed by atoms with Gasteiger partial charge in [-0.1, -0.05) is 55.9 Å². The molecule has 1 N–H and O–H groups in total. The van der Waals surface area contributed by atoms with Gasteiger partial charge >= 0.3 is 0 Å². The lowest BCUT2D eigenvalue weighted by Gasteiger charge is -2.10. The van der Waals surface area contributed by atoms with Crippen molar-refractivity contribution in [3.8, 4) is 0 Å². The van der Waals surface area contributed by atoms with E-state index in [0.29, 0.717) is 11.2 Å². The Balaban J connectivity index is 1.65. The molecule has 1 aromatic rings. The van der Waals surface area contributed by atoms with Crippen LogP contribution >= 0.6 is 11.8 Å². The number of rotatable bonds is 6. The van der Waals surface area contributed by atoms with Crippen LogP contribution in [0.5, 0.6) is 0 Å². The summed E-state index contributed by atoms with van der Waals surface area (Å²) in [6.45, 7) is 7.59. The van der Waals surface area contributed by atoms with Gasteiger partial charge in [0.15, 0.2) is 5.17 Å². The Labute approximate surface area is 119 Å². The topological polar surface area (TPSA) is 33.6 Å². The minimum absolute atomic E-state index is 0.459. The number of thioether (sulfide) groups is 1. The molecule has 0 bridgehead atoms. The van der Waals surface area contributed by atoms with Crippen LogP contribution in [-0.4, -0.2) is 31.5 Å². The Kier molecular flexibility index (Phi) is 5.73. The Hall–Kier alpha value is -1.00. The smallest absolute Gasteiger partial charge is 0.157 e. The standard InChI is InChI=1S/C15H22N2OS/c1-12(2)11-18-9-8-16-15-17-10-14(19-15)13-6-4-3-5-7-13/h3-7,12,14H,8-11H2,1-2H3,(H,16,17). The van der Waals surface area contributed by atoms with E-state index in [2.05, 4.69) is 54.5 Å². The van der Waals surface area contributed by atoms with Crippen LogP contribution in [0.2, 0.25) is 0 Å². The van der Waals surface area contributed by atoms with Crippen molar-refractivity contribution < 1.29 is 4.74 Å². The summed E-state index contributed by atoms with van der Waals surface area (Å²) in [4.78, 5) is 4.54. The fourth-order valence-corrected chi connectivity index (χ4v) is 2.91. The van der Waals surface area contributed by atoms with Crippen molar-refractivity contribution in [3.63, 3.8) is 0 Å². The van der Waals surface area contributed by atoms with Crippen molar-refractivity contribution in [2.75, 3.05) is 26.3 Å². The number of benzene rings is 1. The summed E-state index contributed by atoms with van der Waals surface area (Å²) in [6, 6.07) is 10.6. The molecular formula is C15H22N2OS. The predicted molar refractivity (Wildman–Crippen MR) is 82.7 cm³/mol. The molecule has 1 atom stereocenters. The number of nitrogens with one attached hydrogen (secondary N) is 1. The van der Waals surface area contributed by atoms with Crippen LogP contribution in [0.4, 0.5) is 0 Å². The molecule has 0 fully saturated rings. The van der Waals surface area contributed by atoms with Gasteiger partial charge in [-0.15, -0.1) is 0 Å². The van der Waals surface area contributed by atoms with Crippen LogP contribution < -0.4 is 5.32 Å². The maximum atomic E-state index is 5.54. The normalized spacial score (nSPS) is 18.7. The zero-order valence-corrected chi connectivity index (χ0v) is 12.5. The second-order valence-corrected chi connectivity index (χ2v) is 6.25. The predicted octanol–water partition coefficient (Wildman–Crippen LogP) is 3.09. The highest BCUT2D eigenvalue weighted by molar-refractivity contribution is 8.14. The summed E-state index contributed by atoms with van der Waals surface area (Å²) >= 11 is 1.81. The molecule has 19 heavy (non-hydrogen) atoms. The minimum Gasteiger partial charge on any atom is -0.379 e. The summed E-state index contributed by atoms with van der Waals surface area (Å²) < 4.78 is 5.54. The van der Waals surface area contributed by atoms with Crippen LogP contribution in [-0.2, 0) is 4.74 Å². The van der Waals surface area contributed by atoms with Crippen molar-refractivity contribution >= 4 is 16.9 Å². The fourth-order valence-electron chi connectivity index (χ4n) is 1.86. The second-order valence-electron chi connectivity index (χ2n) is 5.06. The van der Waals surface area contributed by atoms with Crippen molar-refractivity contribution in [2.45, 2.75) is 19.1 Å². The second kappa shape index (κ2) is 7.56. The Bertz CT molecular complexity index is 406. The zero-order chi connectivity index (χ0) is 13.5. The molecule has 0 aromatic heterocycles. The van der Waals surface area contributed by atoms with E-state index in [0.717, 1.165) is 31.5 Å². The Morgan fingerprint density at radius 3 is 2.89 bits per heavy atom. The van der Waals surface area contributed by atoms with Crippen LogP contribution in [0, 0.1) is 5.92 Å². The van der Waals surface area contributed by atoms with Crippen molar-refractivity contribution in [1.82, 2.24) is 5.32 Å².